The van der Waals surface area contributed by atoms with Gasteiger partial charge in [-0.15, -0.1) is 0 Å². The molecule has 0 fully saturated rings. The van der Waals surface area contributed by atoms with Crippen LogP contribution in [0.2, 0.25) is 0 Å². The van der Waals surface area contributed by atoms with Gasteiger partial charge in [0.1, 0.15) is 12.0 Å². The van der Waals surface area contributed by atoms with Gasteiger partial charge in [-0.3, -0.25) is 9.78 Å². The second kappa shape index (κ2) is 5.55. The number of carbonyl (C=O) groups is 2. The number of aryl methyl sites for hydroxylation is 1. The number of carbonyl (C=O) groups excluding carboxylic acids is 2. The number of nitrogens with zero attached hydrogens (tertiary/aromatic N) is 2. The van der Waals surface area contributed by atoms with Crippen LogP contribution < -0.4 is 5.73 Å². The molecule has 1 heterocycles. The highest BCUT2D eigenvalue weighted by atomic mass is 16.5. The van der Waals surface area contributed by atoms with Crippen LogP contribution in [0.15, 0.2) is 36.7 Å². The van der Waals surface area contributed by atoms with Gasteiger partial charge in [-0.1, -0.05) is 24.3 Å². The fourth-order valence-electron chi connectivity index (χ4n) is 2.70. The Labute approximate surface area is 127 Å². The first-order valence-corrected chi connectivity index (χ1v) is 6.93. The molecule has 0 spiro atoms. The first-order chi connectivity index (χ1) is 10.6. The Morgan fingerprint density at radius 3 is 2.68 bits per heavy atom. The minimum atomic E-state index is -0.626. The molecule has 1 aromatic heterocycles. The molecule has 0 bridgehead atoms. The fourth-order valence-corrected chi connectivity index (χ4v) is 2.70. The summed E-state index contributed by atoms with van der Waals surface area (Å²) < 4.78 is 5.45. The molecule has 6 nitrogen and oxygen atoms in total. The average Bonchev–Trinajstić information content (AvgIpc) is 2.85. The Balaban J connectivity index is 1.82. The Bertz CT molecular complexity index is 728. The molecular formula is C16H15N3O3. The van der Waals surface area contributed by atoms with Crippen molar-refractivity contribution in [1.29, 1.82) is 0 Å². The second-order valence-electron chi connectivity index (χ2n) is 5.27. The molecule has 1 amide bonds. The van der Waals surface area contributed by atoms with Gasteiger partial charge < -0.3 is 10.5 Å². The topological polar surface area (TPSA) is 95.2 Å². The molecular weight excluding hydrogens is 282 g/mol. The number of hydrogen-bond acceptors (Lipinski definition) is 5. The van der Waals surface area contributed by atoms with E-state index in [1.54, 1.807) is 6.92 Å². The van der Waals surface area contributed by atoms with E-state index >= 15 is 0 Å². The summed E-state index contributed by atoms with van der Waals surface area (Å²) in [6.07, 6.45) is 2.71. The van der Waals surface area contributed by atoms with Gasteiger partial charge in [-0.25, -0.2) is 9.78 Å². The molecule has 2 atom stereocenters. The van der Waals surface area contributed by atoms with E-state index in [2.05, 4.69) is 9.97 Å². The number of nitrogens with two attached hydrogens (primary N) is 1. The van der Waals surface area contributed by atoms with Crippen LogP contribution in [0.4, 0.5) is 0 Å². The number of hydrogen-bond donors (Lipinski definition) is 1. The van der Waals surface area contributed by atoms with Gasteiger partial charge in [-0.05, 0) is 18.1 Å². The number of ether oxygens (including phenoxy) is 1. The highest BCUT2D eigenvalue weighted by Crippen LogP contribution is 2.35. The first kappa shape index (κ1) is 14.2. The lowest BCUT2D eigenvalue weighted by Crippen LogP contribution is -2.32. The zero-order valence-electron chi connectivity index (χ0n) is 12.0. The third kappa shape index (κ3) is 2.55. The van der Waals surface area contributed by atoms with Crippen molar-refractivity contribution in [2.75, 3.05) is 0 Å². The lowest BCUT2D eigenvalue weighted by Gasteiger charge is -2.17. The number of amides is 1. The molecule has 1 aliphatic rings. The molecule has 0 saturated carbocycles. The molecule has 2 N–H and O–H groups in total. The van der Waals surface area contributed by atoms with Crippen LogP contribution in [-0.4, -0.2) is 27.9 Å². The standard InChI is InChI=1S/C16H15N3O3/c1-9-7-19-12(8-18-9)16(21)22-13-6-10-4-2-3-5-11(10)14(13)15(17)20/h2-5,7-8,13-14H,6H2,1H3,(H2,17,20). The van der Waals surface area contributed by atoms with Crippen molar-refractivity contribution in [3.05, 3.63) is 59.2 Å². The summed E-state index contributed by atoms with van der Waals surface area (Å²) in [5, 5.41) is 0. The SMILES string of the molecule is Cc1cnc(C(=O)OC2Cc3ccccc3C2C(N)=O)cn1. The number of rotatable bonds is 3. The Morgan fingerprint density at radius 2 is 2.00 bits per heavy atom. The van der Waals surface area contributed by atoms with E-state index in [1.165, 1.54) is 12.4 Å². The molecule has 112 valence electrons. The molecule has 1 aromatic carbocycles. The average molecular weight is 297 g/mol. The zero-order chi connectivity index (χ0) is 15.7. The van der Waals surface area contributed by atoms with Crippen LogP contribution >= 0.6 is 0 Å². The van der Waals surface area contributed by atoms with E-state index in [1.807, 2.05) is 24.3 Å². The summed E-state index contributed by atoms with van der Waals surface area (Å²) in [5.41, 5.74) is 8.10. The van der Waals surface area contributed by atoms with Crippen LogP contribution in [0.25, 0.3) is 0 Å². The van der Waals surface area contributed by atoms with E-state index in [9.17, 15) is 9.59 Å². The first-order valence-electron chi connectivity index (χ1n) is 6.93. The lowest BCUT2D eigenvalue weighted by molar-refractivity contribution is -0.121. The Kier molecular flexibility index (Phi) is 3.58. The smallest absolute Gasteiger partial charge is 0.358 e. The van der Waals surface area contributed by atoms with Gasteiger partial charge in [-0.2, -0.15) is 0 Å². The quantitative estimate of drug-likeness (QED) is 0.857. The largest absolute Gasteiger partial charge is 0.456 e. The fraction of sp³-hybridized carbons (Fsp3) is 0.250. The Hall–Kier alpha value is -2.76. The van der Waals surface area contributed by atoms with Crippen LogP contribution in [0.1, 0.15) is 33.2 Å². The van der Waals surface area contributed by atoms with Crippen LogP contribution in [0.5, 0.6) is 0 Å². The molecule has 1 aliphatic carbocycles. The second-order valence-corrected chi connectivity index (χ2v) is 5.27. The van der Waals surface area contributed by atoms with E-state index in [0.29, 0.717) is 12.1 Å². The minimum Gasteiger partial charge on any atom is -0.456 e. The van der Waals surface area contributed by atoms with E-state index < -0.39 is 23.9 Å². The summed E-state index contributed by atoms with van der Waals surface area (Å²) in [7, 11) is 0. The maximum absolute atomic E-state index is 12.2. The van der Waals surface area contributed by atoms with E-state index in [-0.39, 0.29) is 5.69 Å². The van der Waals surface area contributed by atoms with Crippen molar-refractivity contribution in [2.45, 2.75) is 25.4 Å². The highest BCUT2D eigenvalue weighted by Gasteiger charge is 2.39. The number of esters is 1. The molecule has 2 aromatic rings. The van der Waals surface area contributed by atoms with Gasteiger partial charge in [0, 0.05) is 12.6 Å². The van der Waals surface area contributed by atoms with E-state index in [0.717, 1.165) is 11.1 Å². The molecule has 0 radical (unpaired) electrons. The Morgan fingerprint density at radius 1 is 1.23 bits per heavy atom. The van der Waals surface area contributed by atoms with E-state index in [4.69, 9.17) is 10.5 Å². The van der Waals surface area contributed by atoms with Crippen LogP contribution in [0.3, 0.4) is 0 Å². The summed E-state index contributed by atoms with van der Waals surface area (Å²) in [6.45, 7) is 1.78. The van der Waals surface area contributed by atoms with Crippen molar-refractivity contribution in [2.24, 2.45) is 5.73 Å². The molecule has 3 rings (SSSR count). The van der Waals surface area contributed by atoms with Crippen molar-refractivity contribution in [3.8, 4) is 0 Å². The van der Waals surface area contributed by atoms with Crippen LogP contribution in [0, 0.1) is 6.92 Å². The monoisotopic (exact) mass is 297 g/mol. The zero-order valence-corrected chi connectivity index (χ0v) is 12.0. The molecule has 0 aliphatic heterocycles. The maximum Gasteiger partial charge on any atom is 0.358 e. The third-order valence-corrected chi connectivity index (χ3v) is 3.74. The summed E-state index contributed by atoms with van der Waals surface area (Å²) >= 11 is 0. The summed E-state index contributed by atoms with van der Waals surface area (Å²) in [4.78, 5) is 31.9. The predicted molar refractivity (Wildman–Crippen MR) is 78.1 cm³/mol. The molecule has 22 heavy (non-hydrogen) atoms. The predicted octanol–water partition coefficient (Wildman–Crippen LogP) is 1.14. The highest BCUT2D eigenvalue weighted by molar-refractivity contribution is 5.89. The van der Waals surface area contributed by atoms with Gasteiger partial charge in [0.15, 0.2) is 5.69 Å². The number of benzene rings is 1. The summed E-state index contributed by atoms with van der Waals surface area (Å²) in [6, 6.07) is 7.46. The van der Waals surface area contributed by atoms with Crippen molar-refractivity contribution in [1.82, 2.24) is 9.97 Å². The number of primary amides is 1. The lowest BCUT2D eigenvalue weighted by atomic mass is 9.99. The number of fused-ring (bicyclic) bond motifs is 1. The van der Waals surface area contributed by atoms with Gasteiger partial charge in [0.2, 0.25) is 5.91 Å². The minimum absolute atomic E-state index is 0.116. The molecule has 0 saturated heterocycles. The molecule has 6 heteroatoms. The molecule has 2 unspecified atom stereocenters. The van der Waals surface area contributed by atoms with Gasteiger partial charge >= 0.3 is 5.97 Å². The van der Waals surface area contributed by atoms with Gasteiger partial charge in [0.05, 0.1) is 11.9 Å². The van der Waals surface area contributed by atoms with Crippen LogP contribution in [-0.2, 0) is 16.0 Å². The van der Waals surface area contributed by atoms with Crippen molar-refractivity contribution < 1.29 is 14.3 Å². The normalized spacial score (nSPS) is 19.5. The number of aromatic nitrogens is 2. The summed E-state index contributed by atoms with van der Waals surface area (Å²) in [5.74, 6) is -1.73. The van der Waals surface area contributed by atoms with Crippen molar-refractivity contribution >= 4 is 11.9 Å². The third-order valence-electron chi connectivity index (χ3n) is 3.74. The van der Waals surface area contributed by atoms with Gasteiger partial charge in [0.25, 0.3) is 0 Å². The van der Waals surface area contributed by atoms with Crippen molar-refractivity contribution in [3.63, 3.8) is 0 Å². The maximum atomic E-state index is 12.2.